The summed E-state index contributed by atoms with van der Waals surface area (Å²) < 4.78 is 0. The van der Waals surface area contributed by atoms with Crippen molar-refractivity contribution in [2.75, 3.05) is 13.1 Å². The third-order valence-electron chi connectivity index (χ3n) is 8.15. The standard InChI is InChI=1S/C38H44N6O9/c1-3-8-24(4-2)13-16-29-36(51)40-22-33(47)42-30(20-25-9-6-5-7-10-25)37(52)41-28(23-45)19-26-11-14-27(15-12-26)35(50)39-21-31(38(53)44-29)43-32(46)17-18-34(48)49/h3-12,14-15,23,28-31H,1-2,13,16-22H2,(H,39,50)(H,40,51)(H,41,52)(H,42,47)(H,43,46)(H,44,53)(H,48,49)/b24-8+/t28-,29+,30+,31-/m0/s1. The SMILES string of the molecule is C=C/C=C(\C=C)CC[C@H]1NC(=O)[C@@H](NC(=O)CCC(=O)O)CNC(=O)c2ccc(cc2)C[C@@H](C=O)NC(=O)[C@@H](Cc2ccccc2)NC(=O)CNC1=O. The minimum absolute atomic E-state index is 0.00932. The third-order valence-corrected chi connectivity index (χ3v) is 8.15. The maximum atomic E-state index is 13.6. The average molecular weight is 729 g/mol. The van der Waals surface area contributed by atoms with E-state index in [1.807, 2.05) is 0 Å². The van der Waals surface area contributed by atoms with Crippen LogP contribution >= 0.6 is 0 Å². The summed E-state index contributed by atoms with van der Waals surface area (Å²) in [7, 11) is 0. The van der Waals surface area contributed by atoms with Crippen molar-refractivity contribution in [2.24, 2.45) is 0 Å². The van der Waals surface area contributed by atoms with E-state index in [1.54, 1.807) is 54.6 Å². The number of allylic oxidation sites excluding steroid dienone is 4. The Morgan fingerprint density at radius 2 is 1.55 bits per heavy atom. The molecule has 4 atom stereocenters. The van der Waals surface area contributed by atoms with Crippen LogP contribution in [0, 0.1) is 0 Å². The zero-order valence-corrected chi connectivity index (χ0v) is 29.1. The predicted molar refractivity (Wildman–Crippen MR) is 194 cm³/mol. The van der Waals surface area contributed by atoms with Crippen molar-refractivity contribution in [1.29, 1.82) is 0 Å². The van der Waals surface area contributed by atoms with Gasteiger partial charge in [-0.3, -0.25) is 33.6 Å². The van der Waals surface area contributed by atoms with E-state index in [1.165, 1.54) is 18.2 Å². The number of carboxylic acid groups (broad SMARTS) is 1. The van der Waals surface area contributed by atoms with Crippen molar-refractivity contribution in [1.82, 2.24) is 31.9 Å². The fraction of sp³-hybridized carbons (Fsp3) is 0.316. The molecular formula is C38H44N6O9. The number of aldehydes is 1. The van der Waals surface area contributed by atoms with Gasteiger partial charge in [0.25, 0.3) is 5.91 Å². The molecule has 2 aliphatic heterocycles. The van der Waals surface area contributed by atoms with E-state index in [-0.39, 0.29) is 31.2 Å². The van der Waals surface area contributed by atoms with Crippen molar-refractivity contribution >= 4 is 47.7 Å². The maximum absolute atomic E-state index is 13.6. The van der Waals surface area contributed by atoms with Gasteiger partial charge in [0.1, 0.15) is 24.4 Å². The normalized spacial score (nSPS) is 20.6. The molecule has 4 rings (SSSR count). The lowest BCUT2D eigenvalue weighted by molar-refractivity contribution is -0.139. The van der Waals surface area contributed by atoms with E-state index in [4.69, 9.17) is 5.11 Å². The van der Waals surface area contributed by atoms with Crippen LogP contribution in [-0.4, -0.2) is 90.1 Å². The molecule has 0 radical (unpaired) electrons. The summed E-state index contributed by atoms with van der Waals surface area (Å²) in [4.78, 5) is 103. The van der Waals surface area contributed by atoms with Crippen LogP contribution in [0.2, 0.25) is 0 Å². The molecule has 6 amide bonds. The number of carboxylic acids is 1. The molecular weight excluding hydrogens is 684 g/mol. The number of hydrogen-bond donors (Lipinski definition) is 7. The maximum Gasteiger partial charge on any atom is 0.303 e. The first-order valence-electron chi connectivity index (χ1n) is 16.9. The number of benzene rings is 2. The summed E-state index contributed by atoms with van der Waals surface area (Å²) >= 11 is 0. The fourth-order valence-corrected chi connectivity index (χ4v) is 5.31. The Labute approximate surface area is 306 Å². The number of nitrogens with one attached hydrogen (secondary N) is 6. The van der Waals surface area contributed by atoms with Gasteiger partial charge in [-0.25, -0.2) is 0 Å². The highest BCUT2D eigenvalue weighted by molar-refractivity contribution is 5.97. The Bertz CT molecular complexity index is 1710. The molecule has 7 N–H and O–H groups in total. The van der Waals surface area contributed by atoms with Gasteiger partial charge in [-0.1, -0.05) is 73.9 Å². The van der Waals surface area contributed by atoms with Gasteiger partial charge in [0.15, 0.2) is 0 Å². The molecule has 15 heteroatoms. The van der Waals surface area contributed by atoms with Gasteiger partial charge < -0.3 is 41.8 Å². The van der Waals surface area contributed by atoms with Crippen molar-refractivity contribution < 1.29 is 43.5 Å². The van der Waals surface area contributed by atoms with Crippen molar-refractivity contribution in [3.8, 4) is 0 Å². The molecule has 2 aliphatic rings. The number of aliphatic carboxylic acids is 1. The van der Waals surface area contributed by atoms with E-state index >= 15 is 0 Å². The fourth-order valence-electron chi connectivity index (χ4n) is 5.31. The van der Waals surface area contributed by atoms with Crippen LogP contribution in [0.1, 0.15) is 47.2 Å². The van der Waals surface area contributed by atoms with Crippen molar-refractivity contribution in [2.45, 2.75) is 62.7 Å². The first-order chi connectivity index (χ1) is 25.4. The highest BCUT2D eigenvalue weighted by atomic mass is 16.4. The molecule has 2 aromatic carbocycles. The summed E-state index contributed by atoms with van der Waals surface area (Å²) in [6.07, 6.45) is 4.71. The summed E-state index contributed by atoms with van der Waals surface area (Å²) in [5, 5.41) is 24.3. The minimum atomic E-state index is -1.43. The summed E-state index contributed by atoms with van der Waals surface area (Å²) in [5.74, 6) is -5.64. The zero-order chi connectivity index (χ0) is 38.8. The molecule has 0 spiro atoms. The lowest BCUT2D eigenvalue weighted by atomic mass is 10.0. The van der Waals surface area contributed by atoms with Gasteiger partial charge in [0, 0.05) is 24.9 Å². The van der Waals surface area contributed by atoms with E-state index in [0.29, 0.717) is 17.4 Å². The summed E-state index contributed by atoms with van der Waals surface area (Å²) in [5.41, 5.74) is 2.18. The minimum Gasteiger partial charge on any atom is -0.481 e. The van der Waals surface area contributed by atoms with Crippen LogP contribution in [-0.2, 0) is 46.4 Å². The second-order valence-corrected chi connectivity index (χ2v) is 12.2. The van der Waals surface area contributed by atoms with E-state index < -0.39 is 91.5 Å². The Kier molecular flexibility index (Phi) is 16.3. The van der Waals surface area contributed by atoms with Gasteiger partial charge in [-0.15, -0.1) is 0 Å². The Hall–Kier alpha value is -6.38. The Balaban J connectivity index is 1.97. The van der Waals surface area contributed by atoms with Crippen LogP contribution < -0.4 is 31.9 Å². The topological polar surface area (TPSA) is 229 Å². The van der Waals surface area contributed by atoms with Gasteiger partial charge >= 0.3 is 5.97 Å². The molecule has 2 heterocycles. The number of carbonyl (C=O) groups is 8. The highest BCUT2D eigenvalue weighted by Gasteiger charge is 2.29. The van der Waals surface area contributed by atoms with Crippen LogP contribution in [0.25, 0.3) is 0 Å². The highest BCUT2D eigenvalue weighted by Crippen LogP contribution is 2.11. The van der Waals surface area contributed by atoms with E-state index in [2.05, 4.69) is 45.1 Å². The monoisotopic (exact) mass is 728 g/mol. The number of rotatable bonds is 12. The van der Waals surface area contributed by atoms with Crippen molar-refractivity contribution in [3.05, 3.63) is 108 Å². The van der Waals surface area contributed by atoms with Crippen LogP contribution in [0.3, 0.4) is 0 Å². The molecule has 0 unspecified atom stereocenters. The van der Waals surface area contributed by atoms with E-state index in [9.17, 15) is 38.4 Å². The molecule has 15 nitrogen and oxygen atoms in total. The number of amides is 6. The first kappa shape index (κ1) is 41.0. The predicted octanol–water partition coefficient (Wildman–Crippen LogP) is 0.413. The molecule has 2 aromatic rings. The number of fused-ring (bicyclic) bond motifs is 18. The largest absolute Gasteiger partial charge is 0.481 e. The van der Waals surface area contributed by atoms with Gasteiger partial charge in [-0.2, -0.15) is 0 Å². The molecule has 0 fully saturated rings. The molecule has 0 saturated carbocycles. The lowest BCUT2D eigenvalue weighted by Crippen LogP contribution is -2.57. The Morgan fingerprint density at radius 1 is 0.830 bits per heavy atom. The molecule has 0 saturated heterocycles. The van der Waals surface area contributed by atoms with Crippen LogP contribution in [0.15, 0.2) is 91.6 Å². The second-order valence-electron chi connectivity index (χ2n) is 12.2. The van der Waals surface area contributed by atoms with Crippen LogP contribution in [0.5, 0.6) is 0 Å². The molecule has 0 aromatic heterocycles. The lowest BCUT2D eigenvalue weighted by Gasteiger charge is -2.24. The quantitative estimate of drug-likeness (QED) is 0.0911. The summed E-state index contributed by atoms with van der Waals surface area (Å²) in [6, 6.07) is 10.2. The first-order valence-corrected chi connectivity index (χ1v) is 16.9. The summed E-state index contributed by atoms with van der Waals surface area (Å²) in [6.45, 7) is 6.37. The van der Waals surface area contributed by atoms with Gasteiger partial charge in [0.2, 0.25) is 29.5 Å². The van der Waals surface area contributed by atoms with Gasteiger partial charge in [-0.05, 0) is 48.1 Å². The third kappa shape index (κ3) is 14.0. The Morgan fingerprint density at radius 3 is 2.19 bits per heavy atom. The molecule has 2 bridgehead atoms. The van der Waals surface area contributed by atoms with Gasteiger partial charge in [0.05, 0.1) is 19.0 Å². The molecule has 53 heavy (non-hydrogen) atoms. The van der Waals surface area contributed by atoms with Crippen molar-refractivity contribution in [3.63, 3.8) is 0 Å². The second kappa shape index (κ2) is 21.1. The average Bonchev–Trinajstić information content (AvgIpc) is 3.15. The molecule has 0 aliphatic carbocycles. The van der Waals surface area contributed by atoms with Crippen LogP contribution in [0.4, 0.5) is 0 Å². The zero-order valence-electron chi connectivity index (χ0n) is 29.1. The number of hydrogen-bond acceptors (Lipinski definition) is 8. The smallest absolute Gasteiger partial charge is 0.303 e. The number of carbonyl (C=O) groups excluding carboxylic acids is 7. The van der Waals surface area contributed by atoms with E-state index in [0.717, 1.165) is 5.56 Å². The molecule has 280 valence electrons.